The minimum atomic E-state index is 0.0592. The smallest absolute Gasteiger partial charge is 0.318 e. The van der Waals surface area contributed by atoms with E-state index in [-0.39, 0.29) is 5.54 Å². The quantitative estimate of drug-likeness (QED) is 0.519. The zero-order valence-corrected chi connectivity index (χ0v) is 22.8. The molecule has 39 heavy (non-hydrogen) atoms. The summed E-state index contributed by atoms with van der Waals surface area (Å²) in [6.07, 6.45) is 8.11. The van der Waals surface area contributed by atoms with Gasteiger partial charge < -0.3 is 29.9 Å². The molecule has 1 spiro atoms. The maximum Gasteiger partial charge on any atom is 0.318 e. The molecule has 2 unspecified atom stereocenters. The first-order valence-corrected chi connectivity index (χ1v) is 14.8. The Morgan fingerprint density at radius 3 is 2.67 bits per heavy atom. The molecule has 4 aliphatic heterocycles. The van der Waals surface area contributed by atoms with Crippen molar-refractivity contribution in [2.75, 3.05) is 43.1 Å². The van der Waals surface area contributed by atoms with E-state index in [2.05, 4.69) is 45.3 Å². The van der Waals surface area contributed by atoms with Crippen molar-refractivity contribution in [2.45, 2.75) is 75.2 Å². The fourth-order valence-corrected chi connectivity index (χ4v) is 7.64. The highest BCUT2D eigenvalue weighted by Gasteiger charge is 2.52. The standard InChI is InChI=1S/C31H38N6O2/c1-35-12-4-6-23(35)19-39-30-33-27-18-37(28-14-24(38)13-20-5-2-3-7-25(20)28)31(10-11-31)15-26(27)29(34-30)36-16-21-8-9-22(17-36)32-21/h2-3,5,7,13-14,21-23,32,38H,4,6,8-12,15-19H2,1H3/t21?,22?,23-/m0/s1. The van der Waals surface area contributed by atoms with Crippen LogP contribution in [0.25, 0.3) is 10.8 Å². The molecule has 2 N–H and O–H groups in total. The third-order valence-electron chi connectivity index (χ3n) is 9.97. The number of phenols is 1. The normalized spacial score (nSPS) is 27.4. The summed E-state index contributed by atoms with van der Waals surface area (Å²) < 4.78 is 6.36. The highest BCUT2D eigenvalue weighted by atomic mass is 16.5. The highest BCUT2D eigenvalue weighted by Crippen LogP contribution is 2.53. The number of nitrogens with one attached hydrogen (secondary N) is 1. The van der Waals surface area contributed by atoms with Crippen LogP contribution in [0.4, 0.5) is 11.5 Å². The summed E-state index contributed by atoms with van der Waals surface area (Å²) in [4.78, 5) is 17.6. The SMILES string of the molecule is CN1CCC[C@H]1COc1nc2c(c(N3CC4CCC(C3)N4)n1)CC1(CC1)N(c1cc(O)cc3ccccc13)C2. The number of rotatable bonds is 5. The Kier molecular flexibility index (Phi) is 5.46. The lowest BCUT2D eigenvalue weighted by Gasteiger charge is -2.42. The van der Waals surface area contributed by atoms with Crippen LogP contribution in [0.3, 0.4) is 0 Å². The van der Waals surface area contributed by atoms with Gasteiger partial charge in [-0.3, -0.25) is 0 Å². The van der Waals surface area contributed by atoms with Gasteiger partial charge in [0.25, 0.3) is 0 Å². The molecule has 2 aromatic carbocycles. The Labute approximate surface area is 230 Å². The molecule has 3 saturated heterocycles. The van der Waals surface area contributed by atoms with E-state index in [1.807, 2.05) is 18.2 Å². The first-order chi connectivity index (χ1) is 19.0. The molecule has 4 fully saturated rings. The lowest BCUT2D eigenvalue weighted by atomic mass is 9.93. The number of anilines is 2. The minimum Gasteiger partial charge on any atom is -0.508 e. The molecule has 8 rings (SSSR count). The molecule has 204 valence electrons. The number of benzene rings is 2. The topological polar surface area (TPSA) is 77.0 Å². The number of fused-ring (bicyclic) bond motifs is 4. The summed E-state index contributed by atoms with van der Waals surface area (Å²) in [6.45, 7) is 4.46. The van der Waals surface area contributed by atoms with E-state index in [0.29, 0.717) is 43.0 Å². The Balaban J connectivity index is 1.19. The highest BCUT2D eigenvalue weighted by molar-refractivity contribution is 5.96. The average Bonchev–Trinajstić information content (AvgIpc) is 3.45. The van der Waals surface area contributed by atoms with E-state index in [9.17, 15) is 5.11 Å². The Morgan fingerprint density at radius 1 is 1.08 bits per heavy atom. The predicted octanol–water partition coefficient (Wildman–Crippen LogP) is 3.84. The molecule has 8 nitrogen and oxygen atoms in total. The fourth-order valence-electron chi connectivity index (χ4n) is 7.64. The average molecular weight is 527 g/mol. The van der Waals surface area contributed by atoms with Gasteiger partial charge in [0, 0.05) is 65.9 Å². The number of hydrogen-bond donors (Lipinski definition) is 2. The van der Waals surface area contributed by atoms with E-state index in [4.69, 9.17) is 14.7 Å². The molecule has 1 saturated carbocycles. The van der Waals surface area contributed by atoms with Crippen molar-refractivity contribution in [2.24, 2.45) is 0 Å². The summed E-state index contributed by atoms with van der Waals surface area (Å²) in [5, 5.41) is 16.7. The van der Waals surface area contributed by atoms with Crippen LogP contribution in [0.5, 0.6) is 11.8 Å². The predicted molar refractivity (Wildman–Crippen MR) is 153 cm³/mol. The first-order valence-electron chi connectivity index (χ1n) is 14.8. The maximum absolute atomic E-state index is 10.6. The fraction of sp³-hybridized carbons (Fsp3) is 0.548. The number of ether oxygens (including phenoxy) is 1. The van der Waals surface area contributed by atoms with Gasteiger partial charge in [-0.25, -0.2) is 0 Å². The van der Waals surface area contributed by atoms with Gasteiger partial charge in [0.05, 0.1) is 12.2 Å². The van der Waals surface area contributed by atoms with Gasteiger partial charge in [-0.1, -0.05) is 24.3 Å². The first kappa shape index (κ1) is 23.8. The largest absolute Gasteiger partial charge is 0.508 e. The molecule has 0 radical (unpaired) electrons. The third kappa shape index (κ3) is 4.11. The van der Waals surface area contributed by atoms with Gasteiger partial charge in [-0.05, 0) is 63.6 Å². The van der Waals surface area contributed by atoms with Crippen molar-refractivity contribution in [1.29, 1.82) is 0 Å². The number of nitrogens with zero attached hydrogens (tertiary/aromatic N) is 5. The van der Waals surface area contributed by atoms with Crippen LogP contribution in [-0.2, 0) is 13.0 Å². The summed E-state index contributed by atoms with van der Waals surface area (Å²) in [7, 11) is 2.18. The van der Waals surface area contributed by atoms with E-state index < -0.39 is 0 Å². The molecule has 2 bridgehead atoms. The van der Waals surface area contributed by atoms with Crippen LogP contribution < -0.4 is 19.9 Å². The van der Waals surface area contributed by atoms with Crippen molar-refractivity contribution < 1.29 is 9.84 Å². The molecule has 0 amide bonds. The van der Waals surface area contributed by atoms with Crippen molar-refractivity contribution in [3.63, 3.8) is 0 Å². The van der Waals surface area contributed by atoms with E-state index in [0.717, 1.165) is 67.9 Å². The van der Waals surface area contributed by atoms with E-state index in [1.165, 1.54) is 30.2 Å². The van der Waals surface area contributed by atoms with Crippen molar-refractivity contribution in [3.05, 3.63) is 47.7 Å². The monoisotopic (exact) mass is 526 g/mol. The number of likely N-dealkylation sites (tertiary alicyclic amines) is 1. The van der Waals surface area contributed by atoms with Gasteiger partial charge in [-0.15, -0.1) is 0 Å². The maximum atomic E-state index is 10.6. The Morgan fingerprint density at radius 2 is 1.90 bits per heavy atom. The molecule has 1 aromatic heterocycles. The van der Waals surface area contributed by atoms with E-state index in [1.54, 1.807) is 0 Å². The van der Waals surface area contributed by atoms with Crippen LogP contribution in [-0.4, -0.2) is 76.9 Å². The van der Waals surface area contributed by atoms with Crippen LogP contribution >= 0.6 is 0 Å². The summed E-state index contributed by atoms with van der Waals surface area (Å²) in [6, 6.07) is 14.2. The molecular formula is C31H38N6O2. The van der Waals surface area contributed by atoms with Crippen LogP contribution in [0.2, 0.25) is 0 Å². The van der Waals surface area contributed by atoms with Crippen LogP contribution in [0.1, 0.15) is 49.8 Å². The second kappa shape index (κ2) is 8.96. The molecule has 5 heterocycles. The van der Waals surface area contributed by atoms with Gasteiger partial charge in [0.15, 0.2) is 0 Å². The second-order valence-electron chi connectivity index (χ2n) is 12.6. The molecule has 5 aliphatic rings. The number of aromatic hydroxyl groups is 1. The third-order valence-corrected chi connectivity index (χ3v) is 9.97. The van der Waals surface area contributed by atoms with Gasteiger partial charge in [0.2, 0.25) is 0 Å². The van der Waals surface area contributed by atoms with Crippen molar-refractivity contribution in [3.8, 4) is 11.8 Å². The van der Waals surface area contributed by atoms with Crippen molar-refractivity contribution in [1.82, 2.24) is 20.2 Å². The molecule has 1 aliphatic carbocycles. The molecule has 3 atom stereocenters. The lowest BCUT2D eigenvalue weighted by Crippen LogP contribution is -2.52. The second-order valence-corrected chi connectivity index (χ2v) is 12.6. The number of piperazine rings is 1. The number of aromatic nitrogens is 2. The molecule has 3 aromatic rings. The van der Waals surface area contributed by atoms with Crippen LogP contribution in [0.15, 0.2) is 36.4 Å². The zero-order chi connectivity index (χ0) is 26.1. The minimum absolute atomic E-state index is 0.0592. The summed E-state index contributed by atoms with van der Waals surface area (Å²) >= 11 is 0. The number of likely N-dealkylation sites (N-methyl/N-ethyl adjacent to an activating group) is 1. The zero-order valence-electron chi connectivity index (χ0n) is 22.8. The number of hydrogen-bond acceptors (Lipinski definition) is 8. The molecular weight excluding hydrogens is 488 g/mol. The van der Waals surface area contributed by atoms with Crippen molar-refractivity contribution >= 4 is 22.3 Å². The Bertz CT molecular complexity index is 1410. The van der Waals surface area contributed by atoms with Gasteiger partial charge >= 0.3 is 6.01 Å². The van der Waals surface area contributed by atoms with Gasteiger partial charge in [0.1, 0.15) is 18.2 Å². The van der Waals surface area contributed by atoms with E-state index >= 15 is 0 Å². The lowest BCUT2D eigenvalue weighted by molar-refractivity contribution is 0.187. The summed E-state index contributed by atoms with van der Waals surface area (Å²) in [5.41, 5.74) is 3.54. The van der Waals surface area contributed by atoms with Gasteiger partial charge in [-0.2, -0.15) is 9.97 Å². The Hall–Kier alpha value is -3.10. The number of phenolic OH excluding ortho intramolecular Hbond substituents is 1. The summed E-state index contributed by atoms with van der Waals surface area (Å²) in [5.74, 6) is 1.41. The van der Waals surface area contributed by atoms with Crippen LogP contribution in [0, 0.1) is 0 Å². The molecule has 8 heteroatoms.